The lowest BCUT2D eigenvalue weighted by Gasteiger charge is -2.39. The molecule has 3 heteroatoms. The summed E-state index contributed by atoms with van der Waals surface area (Å²) in [5.74, 6) is -0.608. The Balaban J connectivity index is 2.73. The summed E-state index contributed by atoms with van der Waals surface area (Å²) in [6, 6.07) is 0. The summed E-state index contributed by atoms with van der Waals surface area (Å²) >= 11 is 0. The van der Waals surface area contributed by atoms with E-state index in [0.29, 0.717) is 6.54 Å². The molecule has 94 valence electrons. The van der Waals surface area contributed by atoms with Crippen LogP contribution in [0, 0.1) is 5.41 Å². The standard InChI is InChI=1S/C13H25NO2/c1-5-12(2,3)14(4)10-13(11(15)16)8-6-7-9-13/h5-10H2,1-4H3,(H,15,16). The first-order valence-corrected chi connectivity index (χ1v) is 6.29. The Hall–Kier alpha value is -0.570. The van der Waals surface area contributed by atoms with E-state index < -0.39 is 11.4 Å². The third-order valence-electron chi connectivity index (χ3n) is 4.45. The molecule has 0 unspecified atom stereocenters. The topological polar surface area (TPSA) is 40.5 Å². The van der Waals surface area contributed by atoms with Crippen molar-refractivity contribution >= 4 is 5.97 Å². The highest BCUT2D eigenvalue weighted by molar-refractivity contribution is 5.75. The minimum absolute atomic E-state index is 0.0883. The second-order valence-corrected chi connectivity index (χ2v) is 5.81. The zero-order valence-corrected chi connectivity index (χ0v) is 11.0. The van der Waals surface area contributed by atoms with Crippen LogP contribution in [0.3, 0.4) is 0 Å². The Morgan fingerprint density at radius 1 is 1.38 bits per heavy atom. The molecular weight excluding hydrogens is 202 g/mol. The summed E-state index contributed by atoms with van der Waals surface area (Å²) in [6.45, 7) is 7.19. The first-order chi connectivity index (χ1) is 7.34. The van der Waals surface area contributed by atoms with E-state index in [9.17, 15) is 9.90 Å². The largest absolute Gasteiger partial charge is 0.481 e. The van der Waals surface area contributed by atoms with E-state index in [4.69, 9.17) is 0 Å². The quantitative estimate of drug-likeness (QED) is 0.785. The lowest BCUT2D eigenvalue weighted by molar-refractivity contribution is -0.150. The first kappa shape index (κ1) is 13.5. The van der Waals surface area contributed by atoms with Crippen LogP contribution in [0.5, 0.6) is 0 Å². The van der Waals surface area contributed by atoms with Gasteiger partial charge in [-0.05, 0) is 40.2 Å². The van der Waals surface area contributed by atoms with Crippen LogP contribution in [-0.2, 0) is 4.79 Å². The van der Waals surface area contributed by atoms with Gasteiger partial charge in [0.15, 0.2) is 0 Å². The molecule has 0 saturated heterocycles. The van der Waals surface area contributed by atoms with E-state index in [1.165, 1.54) is 0 Å². The summed E-state index contributed by atoms with van der Waals surface area (Å²) in [7, 11) is 2.05. The maximum absolute atomic E-state index is 11.4. The maximum Gasteiger partial charge on any atom is 0.310 e. The molecule has 1 saturated carbocycles. The number of carbonyl (C=O) groups is 1. The Morgan fingerprint density at radius 3 is 2.25 bits per heavy atom. The third kappa shape index (κ3) is 2.57. The van der Waals surface area contributed by atoms with Crippen molar-refractivity contribution in [3.63, 3.8) is 0 Å². The van der Waals surface area contributed by atoms with E-state index in [2.05, 4.69) is 25.7 Å². The van der Waals surface area contributed by atoms with Gasteiger partial charge in [0.2, 0.25) is 0 Å². The number of hydrogen-bond acceptors (Lipinski definition) is 2. The number of carboxylic acids is 1. The van der Waals surface area contributed by atoms with E-state index in [1.807, 2.05) is 7.05 Å². The van der Waals surface area contributed by atoms with E-state index in [0.717, 1.165) is 32.1 Å². The van der Waals surface area contributed by atoms with Gasteiger partial charge in [-0.3, -0.25) is 4.79 Å². The Kier molecular flexibility index (Phi) is 4.00. The van der Waals surface area contributed by atoms with Crippen molar-refractivity contribution in [3.8, 4) is 0 Å². The van der Waals surface area contributed by atoms with Crippen molar-refractivity contribution in [2.45, 2.75) is 58.4 Å². The fourth-order valence-corrected chi connectivity index (χ4v) is 2.43. The number of rotatable bonds is 5. The van der Waals surface area contributed by atoms with Crippen LogP contribution < -0.4 is 0 Å². The molecule has 1 aliphatic rings. The summed E-state index contributed by atoms with van der Waals surface area (Å²) in [5, 5.41) is 9.42. The summed E-state index contributed by atoms with van der Waals surface area (Å²) < 4.78 is 0. The molecule has 0 amide bonds. The van der Waals surface area contributed by atoms with Crippen molar-refractivity contribution in [1.29, 1.82) is 0 Å². The number of hydrogen-bond donors (Lipinski definition) is 1. The van der Waals surface area contributed by atoms with E-state index in [-0.39, 0.29) is 5.54 Å². The molecule has 0 bridgehead atoms. The molecule has 0 aromatic carbocycles. The van der Waals surface area contributed by atoms with Crippen LogP contribution in [0.2, 0.25) is 0 Å². The highest BCUT2D eigenvalue weighted by Crippen LogP contribution is 2.40. The average molecular weight is 227 g/mol. The molecule has 0 radical (unpaired) electrons. The number of aliphatic carboxylic acids is 1. The van der Waals surface area contributed by atoms with Crippen LogP contribution in [0.1, 0.15) is 52.9 Å². The molecule has 0 aliphatic heterocycles. The minimum atomic E-state index is -0.608. The normalized spacial score (nSPS) is 20.3. The van der Waals surface area contributed by atoms with Gasteiger partial charge in [-0.1, -0.05) is 19.8 Å². The smallest absolute Gasteiger partial charge is 0.310 e. The van der Waals surface area contributed by atoms with Crippen LogP contribution >= 0.6 is 0 Å². The molecule has 0 spiro atoms. The predicted octanol–water partition coefficient (Wildman–Crippen LogP) is 2.75. The van der Waals surface area contributed by atoms with Crippen LogP contribution in [-0.4, -0.2) is 35.1 Å². The molecule has 0 heterocycles. The third-order valence-corrected chi connectivity index (χ3v) is 4.45. The summed E-state index contributed by atoms with van der Waals surface area (Å²) in [6.07, 6.45) is 4.84. The minimum Gasteiger partial charge on any atom is -0.481 e. The molecule has 16 heavy (non-hydrogen) atoms. The van der Waals surface area contributed by atoms with Gasteiger partial charge in [-0.2, -0.15) is 0 Å². The average Bonchev–Trinajstić information content (AvgIpc) is 2.67. The molecule has 1 aliphatic carbocycles. The van der Waals surface area contributed by atoms with E-state index in [1.54, 1.807) is 0 Å². The zero-order valence-electron chi connectivity index (χ0n) is 11.0. The van der Waals surface area contributed by atoms with Gasteiger partial charge in [-0.15, -0.1) is 0 Å². The second-order valence-electron chi connectivity index (χ2n) is 5.81. The number of carboxylic acid groups (broad SMARTS) is 1. The molecule has 0 atom stereocenters. The van der Waals surface area contributed by atoms with Gasteiger partial charge in [0, 0.05) is 12.1 Å². The fourth-order valence-electron chi connectivity index (χ4n) is 2.43. The van der Waals surface area contributed by atoms with Crippen molar-refractivity contribution in [3.05, 3.63) is 0 Å². The highest BCUT2D eigenvalue weighted by atomic mass is 16.4. The lowest BCUT2D eigenvalue weighted by Crippen LogP contribution is -2.48. The summed E-state index contributed by atoms with van der Waals surface area (Å²) in [4.78, 5) is 13.7. The van der Waals surface area contributed by atoms with E-state index >= 15 is 0 Å². The monoisotopic (exact) mass is 227 g/mol. The molecule has 1 fully saturated rings. The van der Waals surface area contributed by atoms with Gasteiger partial charge in [-0.25, -0.2) is 0 Å². The second kappa shape index (κ2) is 4.74. The maximum atomic E-state index is 11.4. The van der Waals surface area contributed by atoms with Crippen LogP contribution in [0.25, 0.3) is 0 Å². The molecular formula is C13H25NO2. The summed E-state index contributed by atoms with van der Waals surface area (Å²) in [5.41, 5.74) is -0.397. The van der Waals surface area contributed by atoms with Gasteiger partial charge < -0.3 is 10.0 Å². The van der Waals surface area contributed by atoms with Crippen LogP contribution in [0.15, 0.2) is 0 Å². The van der Waals surface area contributed by atoms with Gasteiger partial charge in [0.05, 0.1) is 5.41 Å². The Labute approximate surface area is 98.8 Å². The fraction of sp³-hybridized carbons (Fsp3) is 0.923. The highest BCUT2D eigenvalue weighted by Gasteiger charge is 2.43. The molecule has 1 rings (SSSR count). The van der Waals surface area contributed by atoms with Gasteiger partial charge in [0.1, 0.15) is 0 Å². The van der Waals surface area contributed by atoms with Crippen molar-refractivity contribution in [2.24, 2.45) is 5.41 Å². The molecule has 1 N–H and O–H groups in total. The van der Waals surface area contributed by atoms with Gasteiger partial charge >= 0.3 is 5.97 Å². The Morgan fingerprint density at radius 2 is 1.88 bits per heavy atom. The molecule has 0 aromatic heterocycles. The van der Waals surface area contributed by atoms with Crippen molar-refractivity contribution in [2.75, 3.05) is 13.6 Å². The van der Waals surface area contributed by atoms with Crippen molar-refractivity contribution < 1.29 is 9.90 Å². The SMILES string of the molecule is CCC(C)(C)N(C)CC1(C(=O)O)CCCC1. The predicted molar refractivity (Wildman–Crippen MR) is 65.5 cm³/mol. The lowest BCUT2D eigenvalue weighted by atomic mass is 9.84. The molecule has 3 nitrogen and oxygen atoms in total. The zero-order chi connectivity index (χ0) is 12.4. The van der Waals surface area contributed by atoms with Crippen molar-refractivity contribution in [1.82, 2.24) is 4.90 Å². The molecule has 0 aromatic rings. The Bertz CT molecular complexity index is 255. The van der Waals surface area contributed by atoms with Crippen LogP contribution in [0.4, 0.5) is 0 Å². The number of nitrogens with zero attached hydrogens (tertiary/aromatic N) is 1. The van der Waals surface area contributed by atoms with Gasteiger partial charge in [0.25, 0.3) is 0 Å². The first-order valence-electron chi connectivity index (χ1n) is 6.29.